The number of likely N-dealkylation sites (tertiary alicyclic amines) is 2. The van der Waals surface area contributed by atoms with Gasteiger partial charge < -0.3 is 15.7 Å². The van der Waals surface area contributed by atoms with E-state index >= 15 is 0 Å². The van der Waals surface area contributed by atoms with Gasteiger partial charge in [0.2, 0.25) is 11.8 Å². The zero-order valence-corrected chi connectivity index (χ0v) is 17.1. The molecule has 28 heavy (non-hydrogen) atoms. The molecule has 2 heterocycles. The van der Waals surface area contributed by atoms with Crippen molar-refractivity contribution in [3.05, 3.63) is 24.8 Å². The van der Waals surface area contributed by atoms with Crippen molar-refractivity contribution in [2.75, 3.05) is 39.3 Å². The second-order valence-corrected chi connectivity index (χ2v) is 8.39. The standard InChI is InChI=1S/C20H33FN4O3/c1-5-17(27)23-20(14-26)12-25(13-20)16(4)7-6-8-18(28)22-9-19(21)10-24(11-19)15(2)3/h5-6,8,15-16,26H,1,7,9-14H2,2-4H3,(H,22,28)(H,23,27)/b8-6-. The molecule has 0 radical (unpaired) electrons. The summed E-state index contributed by atoms with van der Waals surface area (Å²) in [4.78, 5) is 27.5. The van der Waals surface area contributed by atoms with E-state index < -0.39 is 11.2 Å². The van der Waals surface area contributed by atoms with Crippen molar-refractivity contribution in [2.45, 2.75) is 50.5 Å². The third-order valence-electron chi connectivity index (χ3n) is 5.54. The molecule has 2 saturated heterocycles. The Kier molecular flexibility index (Phi) is 7.36. The lowest BCUT2D eigenvalue weighted by atomic mass is 9.88. The van der Waals surface area contributed by atoms with Gasteiger partial charge in [-0.2, -0.15) is 0 Å². The molecule has 7 nitrogen and oxygen atoms in total. The van der Waals surface area contributed by atoms with E-state index in [1.165, 1.54) is 12.2 Å². The molecule has 0 aromatic rings. The molecule has 0 saturated carbocycles. The average molecular weight is 397 g/mol. The molecule has 0 spiro atoms. The van der Waals surface area contributed by atoms with E-state index in [2.05, 4.69) is 22.1 Å². The Morgan fingerprint density at radius 1 is 1.18 bits per heavy atom. The number of carbonyl (C=O) groups is 2. The van der Waals surface area contributed by atoms with Crippen LogP contribution in [-0.2, 0) is 9.59 Å². The first-order chi connectivity index (χ1) is 13.1. The summed E-state index contributed by atoms with van der Waals surface area (Å²) in [5.74, 6) is -0.592. The Balaban J connectivity index is 1.67. The van der Waals surface area contributed by atoms with Crippen LogP contribution < -0.4 is 10.6 Å². The number of nitrogens with one attached hydrogen (secondary N) is 2. The van der Waals surface area contributed by atoms with Gasteiger partial charge in [-0.1, -0.05) is 12.7 Å². The molecule has 2 amide bonds. The van der Waals surface area contributed by atoms with Crippen LogP contribution in [0.1, 0.15) is 27.2 Å². The highest BCUT2D eigenvalue weighted by Gasteiger charge is 2.45. The number of aliphatic hydroxyl groups excluding tert-OH is 1. The van der Waals surface area contributed by atoms with Crippen molar-refractivity contribution < 1.29 is 19.1 Å². The first-order valence-corrected chi connectivity index (χ1v) is 9.79. The van der Waals surface area contributed by atoms with Crippen molar-refractivity contribution in [2.24, 2.45) is 0 Å². The van der Waals surface area contributed by atoms with Crippen molar-refractivity contribution in [3.8, 4) is 0 Å². The fourth-order valence-electron chi connectivity index (χ4n) is 3.56. The topological polar surface area (TPSA) is 84.9 Å². The first-order valence-electron chi connectivity index (χ1n) is 9.79. The zero-order chi connectivity index (χ0) is 20.9. The first kappa shape index (κ1) is 22.5. The Morgan fingerprint density at radius 3 is 2.36 bits per heavy atom. The summed E-state index contributed by atoms with van der Waals surface area (Å²) in [6.07, 6.45) is 5.05. The van der Waals surface area contributed by atoms with Crippen molar-refractivity contribution >= 4 is 11.8 Å². The van der Waals surface area contributed by atoms with E-state index in [0.717, 1.165) is 0 Å². The second-order valence-electron chi connectivity index (χ2n) is 8.39. The maximum atomic E-state index is 14.4. The quantitative estimate of drug-likeness (QED) is 0.460. The maximum Gasteiger partial charge on any atom is 0.243 e. The monoisotopic (exact) mass is 396 g/mol. The molecule has 158 valence electrons. The minimum Gasteiger partial charge on any atom is -0.394 e. The fraction of sp³-hybridized carbons (Fsp3) is 0.700. The van der Waals surface area contributed by atoms with Crippen LogP contribution in [0.25, 0.3) is 0 Å². The number of aliphatic hydroxyl groups is 1. The lowest BCUT2D eigenvalue weighted by Crippen LogP contribution is -2.73. The van der Waals surface area contributed by atoms with Crippen LogP contribution in [0.4, 0.5) is 4.39 Å². The van der Waals surface area contributed by atoms with E-state index in [9.17, 15) is 19.1 Å². The van der Waals surface area contributed by atoms with Crippen molar-refractivity contribution in [1.82, 2.24) is 20.4 Å². The van der Waals surface area contributed by atoms with Gasteiger partial charge in [0.05, 0.1) is 18.7 Å². The molecule has 1 atom stereocenters. The molecule has 0 aromatic carbocycles. The number of rotatable bonds is 10. The molecule has 3 N–H and O–H groups in total. The summed E-state index contributed by atoms with van der Waals surface area (Å²) in [5.41, 5.74) is -1.95. The van der Waals surface area contributed by atoms with Gasteiger partial charge in [0.25, 0.3) is 0 Å². The molecule has 1 unspecified atom stereocenters. The van der Waals surface area contributed by atoms with E-state index in [-0.39, 0.29) is 31.0 Å². The summed E-state index contributed by atoms with van der Waals surface area (Å²) in [6, 6.07) is 0.472. The summed E-state index contributed by atoms with van der Waals surface area (Å²) < 4.78 is 14.4. The number of amides is 2. The van der Waals surface area contributed by atoms with Gasteiger partial charge in [-0.05, 0) is 39.3 Å². The van der Waals surface area contributed by atoms with E-state index in [1.807, 2.05) is 25.7 Å². The van der Waals surface area contributed by atoms with Crippen molar-refractivity contribution in [3.63, 3.8) is 0 Å². The lowest BCUT2D eigenvalue weighted by molar-refractivity contribution is -0.123. The minimum atomic E-state index is -1.33. The molecule has 2 aliphatic rings. The second kappa shape index (κ2) is 9.15. The number of halogens is 1. The molecule has 0 aromatic heterocycles. The van der Waals surface area contributed by atoms with Crippen LogP contribution >= 0.6 is 0 Å². The molecule has 0 aliphatic carbocycles. The van der Waals surface area contributed by atoms with Gasteiger partial charge in [0.15, 0.2) is 5.67 Å². The number of nitrogens with zero attached hydrogens (tertiary/aromatic N) is 2. The minimum absolute atomic E-state index is 0.0308. The maximum absolute atomic E-state index is 14.4. The van der Waals surface area contributed by atoms with E-state index in [1.54, 1.807) is 6.08 Å². The Bertz CT molecular complexity index is 611. The lowest BCUT2D eigenvalue weighted by Gasteiger charge is -2.51. The van der Waals surface area contributed by atoms with Gasteiger partial charge >= 0.3 is 0 Å². The molecule has 8 heteroatoms. The van der Waals surface area contributed by atoms with E-state index in [4.69, 9.17) is 0 Å². The molecule has 2 rings (SSSR count). The predicted octanol–water partition coefficient (Wildman–Crippen LogP) is 0.219. The Morgan fingerprint density at radius 2 is 1.82 bits per heavy atom. The number of carbonyl (C=O) groups excluding carboxylic acids is 2. The highest BCUT2D eigenvalue weighted by molar-refractivity contribution is 5.88. The van der Waals surface area contributed by atoms with Gasteiger partial charge in [0, 0.05) is 38.3 Å². The fourth-order valence-corrected chi connectivity index (χ4v) is 3.56. The number of alkyl halides is 1. The third-order valence-corrected chi connectivity index (χ3v) is 5.54. The molecule has 2 aliphatic heterocycles. The highest BCUT2D eigenvalue weighted by Crippen LogP contribution is 2.26. The van der Waals surface area contributed by atoms with Crippen LogP contribution in [0, 0.1) is 0 Å². The van der Waals surface area contributed by atoms with Crippen LogP contribution in [0.3, 0.4) is 0 Å². The van der Waals surface area contributed by atoms with Gasteiger partial charge in [-0.25, -0.2) is 4.39 Å². The summed E-state index contributed by atoms with van der Waals surface area (Å²) >= 11 is 0. The molecular formula is C20H33FN4O3. The summed E-state index contributed by atoms with van der Waals surface area (Å²) in [5, 5.41) is 15.0. The largest absolute Gasteiger partial charge is 0.394 e. The zero-order valence-electron chi connectivity index (χ0n) is 17.1. The normalized spacial score (nSPS) is 22.4. The SMILES string of the molecule is C=CC(=O)NC1(CO)CN(C(C)C/C=C\C(=O)NCC2(F)CN(C(C)C)C2)C1. The average Bonchev–Trinajstić information content (AvgIpc) is 2.59. The molecule has 2 fully saturated rings. The van der Waals surface area contributed by atoms with Crippen molar-refractivity contribution in [1.29, 1.82) is 0 Å². The predicted molar refractivity (Wildman–Crippen MR) is 107 cm³/mol. The van der Waals surface area contributed by atoms with Crippen LogP contribution in [0.5, 0.6) is 0 Å². The van der Waals surface area contributed by atoms with Gasteiger partial charge in [-0.3, -0.25) is 19.4 Å². The molecule has 0 bridgehead atoms. The van der Waals surface area contributed by atoms with Crippen LogP contribution in [0.2, 0.25) is 0 Å². The van der Waals surface area contributed by atoms with Crippen LogP contribution in [0.15, 0.2) is 24.8 Å². The Hall–Kier alpha value is -1.77. The van der Waals surface area contributed by atoms with Crippen LogP contribution in [-0.4, -0.2) is 89.3 Å². The smallest absolute Gasteiger partial charge is 0.243 e. The highest BCUT2D eigenvalue weighted by atomic mass is 19.1. The van der Waals surface area contributed by atoms with Gasteiger partial charge in [-0.15, -0.1) is 0 Å². The summed E-state index contributed by atoms with van der Waals surface area (Å²) in [6.45, 7) is 11.2. The molecular weight excluding hydrogens is 363 g/mol. The Labute approximate surface area is 166 Å². The van der Waals surface area contributed by atoms with E-state index in [0.29, 0.717) is 38.6 Å². The third kappa shape index (κ3) is 5.62. The number of hydrogen-bond donors (Lipinski definition) is 3. The summed E-state index contributed by atoms with van der Waals surface area (Å²) in [7, 11) is 0. The van der Waals surface area contributed by atoms with Gasteiger partial charge in [0.1, 0.15) is 0 Å². The number of hydrogen-bond acceptors (Lipinski definition) is 5.